The van der Waals surface area contributed by atoms with E-state index in [0.29, 0.717) is 6.54 Å². The first-order valence-electron chi connectivity index (χ1n) is 6.79. The van der Waals surface area contributed by atoms with Gasteiger partial charge in [0.15, 0.2) is 6.61 Å². The van der Waals surface area contributed by atoms with E-state index in [0.717, 1.165) is 25.1 Å². The minimum Gasteiger partial charge on any atom is -0.484 e. The number of nitrogens with zero attached hydrogens (tertiary/aromatic N) is 1. The van der Waals surface area contributed by atoms with E-state index >= 15 is 0 Å². The molecule has 1 heterocycles. The minimum atomic E-state index is 0.0216. The van der Waals surface area contributed by atoms with Crippen LogP contribution in [0.5, 0.6) is 5.75 Å². The highest BCUT2D eigenvalue weighted by molar-refractivity contribution is 5.77. The van der Waals surface area contributed by atoms with Crippen LogP contribution in [0.25, 0.3) is 0 Å². The molecule has 4 heteroatoms. The van der Waals surface area contributed by atoms with Crippen molar-refractivity contribution in [3.8, 4) is 5.75 Å². The van der Waals surface area contributed by atoms with E-state index in [1.54, 1.807) is 4.90 Å². The number of hydrogen-bond donors (Lipinski definition) is 1. The molecule has 1 unspecified atom stereocenters. The Bertz CT molecular complexity index is 459. The summed E-state index contributed by atoms with van der Waals surface area (Å²) in [5, 5.41) is 0. The molecule has 0 bridgehead atoms. The van der Waals surface area contributed by atoms with E-state index in [2.05, 4.69) is 6.92 Å². The molecule has 2 rings (SSSR count). The van der Waals surface area contributed by atoms with Crippen LogP contribution in [-0.4, -0.2) is 36.5 Å². The van der Waals surface area contributed by atoms with Gasteiger partial charge in [-0.05, 0) is 49.9 Å². The summed E-state index contributed by atoms with van der Waals surface area (Å²) in [6.07, 6.45) is 1.98. The third kappa shape index (κ3) is 3.70. The molecule has 104 valence electrons. The second kappa shape index (κ2) is 6.06. The van der Waals surface area contributed by atoms with Crippen LogP contribution in [0.1, 0.15) is 24.0 Å². The van der Waals surface area contributed by atoms with Crippen LogP contribution < -0.4 is 10.5 Å². The van der Waals surface area contributed by atoms with Crippen molar-refractivity contribution in [2.75, 3.05) is 19.7 Å². The number of aryl methyl sites for hydroxylation is 2. The normalized spacial score (nSPS) is 19.3. The molecular formula is C15H22N2O2. The van der Waals surface area contributed by atoms with E-state index in [-0.39, 0.29) is 18.6 Å². The lowest BCUT2D eigenvalue weighted by Gasteiger charge is -2.30. The van der Waals surface area contributed by atoms with Crippen molar-refractivity contribution >= 4 is 5.91 Å². The number of carbonyl (C=O) groups is 1. The number of hydrogen-bond acceptors (Lipinski definition) is 3. The number of rotatable bonds is 3. The molecule has 1 aromatic rings. The Hall–Kier alpha value is -1.55. The summed E-state index contributed by atoms with van der Waals surface area (Å²) in [4.78, 5) is 13.8. The van der Waals surface area contributed by atoms with Crippen LogP contribution in [0.2, 0.25) is 0 Å². The van der Waals surface area contributed by atoms with Gasteiger partial charge in [0.25, 0.3) is 5.91 Å². The quantitative estimate of drug-likeness (QED) is 0.901. The molecule has 1 aliphatic rings. The molecule has 1 atom stereocenters. The predicted molar refractivity (Wildman–Crippen MR) is 75.2 cm³/mol. The van der Waals surface area contributed by atoms with E-state index in [1.165, 1.54) is 11.1 Å². The molecule has 0 spiro atoms. The number of carbonyl (C=O) groups excluding carboxylic acids is 1. The molecule has 1 aromatic carbocycles. The smallest absolute Gasteiger partial charge is 0.260 e. The molecule has 1 aliphatic heterocycles. The summed E-state index contributed by atoms with van der Waals surface area (Å²) in [6, 6.07) is 5.98. The molecule has 1 saturated heterocycles. The van der Waals surface area contributed by atoms with Gasteiger partial charge in [-0.25, -0.2) is 0 Å². The molecular weight excluding hydrogens is 240 g/mol. The van der Waals surface area contributed by atoms with Crippen molar-refractivity contribution in [2.45, 2.75) is 32.7 Å². The first-order chi connectivity index (χ1) is 9.06. The maximum atomic E-state index is 12.0. The van der Waals surface area contributed by atoms with Gasteiger partial charge in [0.2, 0.25) is 0 Å². The van der Waals surface area contributed by atoms with Crippen LogP contribution in [0, 0.1) is 13.8 Å². The topological polar surface area (TPSA) is 55.6 Å². The first-order valence-corrected chi connectivity index (χ1v) is 6.79. The van der Waals surface area contributed by atoms with E-state index < -0.39 is 0 Å². The fourth-order valence-corrected chi connectivity index (χ4v) is 2.28. The van der Waals surface area contributed by atoms with Gasteiger partial charge in [0, 0.05) is 19.1 Å². The molecule has 0 saturated carbocycles. The van der Waals surface area contributed by atoms with Crippen LogP contribution in [0.3, 0.4) is 0 Å². The van der Waals surface area contributed by atoms with E-state index in [4.69, 9.17) is 10.5 Å². The highest BCUT2D eigenvalue weighted by Gasteiger charge is 2.21. The largest absolute Gasteiger partial charge is 0.484 e. The van der Waals surface area contributed by atoms with Crippen molar-refractivity contribution < 1.29 is 9.53 Å². The van der Waals surface area contributed by atoms with Crippen molar-refractivity contribution in [1.82, 2.24) is 4.90 Å². The molecule has 2 N–H and O–H groups in total. The Labute approximate surface area is 114 Å². The van der Waals surface area contributed by atoms with Crippen LogP contribution >= 0.6 is 0 Å². The number of ether oxygens (including phenoxy) is 1. The molecule has 0 radical (unpaired) electrons. The minimum absolute atomic E-state index is 0.0216. The Morgan fingerprint density at radius 2 is 2.21 bits per heavy atom. The Kier molecular flexibility index (Phi) is 4.43. The Morgan fingerprint density at radius 1 is 1.42 bits per heavy atom. The average Bonchev–Trinajstić information content (AvgIpc) is 2.40. The number of likely N-dealkylation sites (tertiary alicyclic amines) is 1. The Balaban J connectivity index is 1.87. The van der Waals surface area contributed by atoms with Crippen molar-refractivity contribution in [3.63, 3.8) is 0 Å². The number of piperidine rings is 1. The van der Waals surface area contributed by atoms with Crippen molar-refractivity contribution in [2.24, 2.45) is 5.73 Å². The van der Waals surface area contributed by atoms with Gasteiger partial charge in [-0.15, -0.1) is 0 Å². The van der Waals surface area contributed by atoms with Crippen LogP contribution in [-0.2, 0) is 4.79 Å². The third-order valence-electron chi connectivity index (χ3n) is 3.65. The summed E-state index contributed by atoms with van der Waals surface area (Å²) in [5.41, 5.74) is 8.27. The fraction of sp³-hybridized carbons (Fsp3) is 0.533. The lowest BCUT2D eigenvalue weighted by Crippen LogP contribution is -2.47. The zero-order chi connectivity index (χ0) is 13.8. The number of amides is 1. The molecule has 0 aromatic heterocycles. The average molecular weight is 262 g/mol. The molecule has 19 heavy (non-hydrogen) atoms. The summed E-state index contributed by atoms with van der Waals surface area (Å²) < 4.78 is 5.56. The molecule has 1 fully saturated rings. The zero-order valence-electron chi connectivity index (χ0n) is 11.7. The van der Waals surface area contributed by atoms with Crippen LogP contribution in [0.15, 0.2) is 18.2 Å². The summed E-state index contributed by atoms with van der Waals surface area (Å²) in [7, 11) is 0. The van der Waals surface area contributed by atoms with E-state index in [1.807, 2.05) is 25.1 Å². The number of benzene rings is 1. The second-order valence-electron chi connectivity index (χ2n) is 5.28. The second-order valence-corrected chi connectivity index (χ2v) is 5.28. The zero-order valence-corrected chi connectivity index (χ0v) is 11.7. The molecule has 1 amide bonds. The van der Waals surface area contributed by atoms with Crippen molar-refractivity contribution in [1.29, 1.82) is 0 Å². The van der Waals surface area contributed by atoms with Crippen LogP contribution in [0.4, 0.5) is 0 Å². The predicted octanol–water partition coefficient (Wildman–Crippen LogP) is 1.63. The van der Waals surface area contributed by atoms with Gasteiger partial charge in [0.1, 0.15) is 5.75 Å². The summed E-state index contributed by atoms with van der Waals surface area (Å²) in [6.45, 7) is 5.63. The Morgan fingerprint density at radius 3 is 2.89 bits per heavy atom. The van der Waals surface area contributed by atoms with Gasteiger partial charge in [-0.2, -0.15) is 0 Å². The highest BCUT2D eigenvalue weighted by atomic mass is 16.5. The first kappa shape index (κ1) is 13.9. The third-order valence-corrected chi connectivity index (χ3v) is 3.65. The van der Waals surface area contributed by atoms with Gasteiger partial charge >= 0.3 is 0 Å². The highest BCUT2D eigenvalue weighted by Crippen LogP contribution is 2.16. The lowest BCUT2D eigenvalue weighted by atomic mass is 10.1. The van der Waals surface area contributed by atoms with Crippen molar-refractivity contribution in [3.05, 3.63) is 29.3 Å². The molecule has 0 aliphatic carbocycles. The SMILES string of the molecule is Cc1ccc(OCC(=O)N2CCCC(N)C2)cc1C. The maximum absolute atomic E-state index is 12.0. The summed E-state index contributed by atoms with van der Waals surface area (Å²) >= 11 is 0. The van der Waals surface area contributed by atoms with Gasteiger partial charge in [-0.3, -0.25) is 4.79 Å². The maximum Gasteiger partial charge on any atom is 0.260 e. The fourth-order valence-electron chi connectivity index (χ4n) is 2.28. The van der Waals surface area contributed by atoms with E-state index in [9.17, 15) is 4.79 Å². The summed E-state index contributed by atoms with van der Waals surface area (Å²) in [5.74, 6) is 0.770. The standard InChI is InChI=1S/C15H22N2O2/c1-11-5-6-14(8-12(11)2)19-10-15(18)17-7-3-4-13(16)9-17/h5-6,8,13H,3-4,7,9-10,16H2,1-2H3. The lowest BCUT2D eigenvalue weighted by molar-refractivity contribution is -0.134. The number of nitrogens with two attached hydrogens (primary N) is 1. The molecule has 4 nitrogen and oxygen atoms in total. The monoisotopic (exact) mass is 262 g/mol. The van der Waals surface area contributed by atoms with Gasteiger partial charge in [0.05, 0.1) is 0 Å². The van der Waals surface area contributed by atoms with Gasteiger partial charge in [-0.1, -0.05) is 6.07 Å². The van der Waals surface area contributed by atoms with Gasteiger partial charge < -0.3 is 15.4 Å².